The van der Waals surface area contributed by atoms with E-state index in [1.807, 2.05) is 60.4 Å². The minimum Gasteiger partial charge on any atom is -0.378 e. The van der Waals surface area contributed by atoms with Gasteiger partial charge in [0.1, 0.15) is 0 Å². The molecule has 4 nitrogen and oxygen atoms in total. The Morgan fingerprint density at radius 3 is 2.58 bits per heavy atom. The van der Waals surface area contributed by atoms with Crippen LogP contribution < -0.4 is 0 Å². The standard InChI is InChI=1S/C21H19ClN2O2/c1-14-19(21(25)24-9-11-26-12-10-24)20(15-5-3-2-4-6-15)17-13-16(22)7-8-18(17)23-14/h2-8,13H,9-12H2,1H3. The molecule has 1 fully saturated rings. The summed E-state index contributed by atoms with van der Waals surface area (Å²) in [6.45, 7) is 4.23. The summed E-state index contributed by atoms with van der Waals surface area (Å²) >= 11 is 6.26. The highest BCUT2D eigenvalue weighted by molar-refractivity contribution is 6.31. The Kier molecular flexibility index (Phi) is 4.62. The number of nitrogens with zero attached hydrogens (tertiary/aromatic N) is 2. The lowest BCUT2D eigenvalue weighted by molar-refractivity contribution is 0.0302. The van der Waals surface area contributed by atoms with Crippen LogP contribution >= 0.6 is 11.6 Å². The number of amides is 1. The van der Waals surface area contributed by atoms with Gasteiger partial charge in [0.05, 0.1) is 30.0 Å². The van der Waals surface area contributed by atoms with Crippen LogP contribution in [-0.2, 0) is 4.74 Å². The van der Waals surface area contributed by atoms with E-state index in [1.54, 1.807) is 0 Å². The van der Waals surface area contributed by atoms with E-state index in [1.165, 1.54) is 0 Å². The maximum atomic E-state index is 13.3. The molecule has 2 heterocycles. The van der Waals surface area contributed by atoms with Crippen LogP contribution in [0.4, 0.5) is 0 Å². The molecular formula is C21H19ClN2O2. The maximum absolute atomic E-state index is 13.3. The first kappa shape index (κ1) is 17.0. The zero-order chi connectivity index (χ0) is 18.1. The molecule has 3 aromatic rings. The maximum Gasteiger partial charge on any atom is 0.256 e. The normalized spacial score (nSPS) is 14.6. The predicted octanol–water partition coefficient (Wildman–Crippen LogP) is 4.34. The number of aryl methyl sites for hydroxylation is 1. The number of pyridine rings is 1. The Balaban J connectivity index is 1.99. The van der Waals surface area contributed by atoms with Gasteiger partial charge in [-0.05, 0) is 30.7 Å². The first-order valence-electron chi connectivity index (χ1n) is 8.67. The van der Waals surface area contributed by atoms with E-state index in [2.05, 4.69) is 4.98 Å². The van der Waals surface area contributed by atoms with Crippen molar-refractivity contribution < 1.29 is 9.53 Å². The average Bonchev–Trinajstić information content (AvgIpc) is 2.68. The third kappa shape index (κ3) is 3.06. The van der Waals surface area contributed by atoms with Crippen LogP contribution in [0, 0.1) is 6.92 Å². The van der Waals surface area contributed by atoms with Gasteiger partial charge in [0.25, 0.3) is 5.91 Å². The van der Waals surface area contributed by atoms with Crippen molar-refractivity contribution in [2.24, 2.45) is 0 Å². The summed E-state index contributed by atoms with van der Waals surface area (Å²) in [5.74, 6) is -0.000899. The molecule has 1 aromatic heterocycles. The van der Waals surface area contributed by atoms with Crippen LogP contribution in [0.5, 0.6) is 0 Å². The van der Waals surface area contributed by atoms with Crippen molar-refractivity contribution >= 4 is 28.4 Å². The third-order valence-corrected chi connectivity index (χ3v) is 4.94. The number of halogens is 1. The van der Waals surface area contributed by atoms with Gasteiger partial charge in [-0.3, -0.25) is 9.78 Å². The number of ether oxygens (including phenoxy) is 1. The summed E-state index contributed by atoms with van der Waals surface area (Å²) in [6.07, 6.45) is 0. The van der Waals surface area contributed by atoms with Gasteiger partial charge in [0, 0.05) is 29.1 Å². The van der Waals surface area contributed by atoms with E-state index < -0.39 is 0 Å². The number of hydrogen-bond acceptors (Lipinski definition) is 3. The van der Waals surface area contributed by atoms with Crippen LogP contribution in [0.25, 0.3) is 22.0 Å². The molecule has 0 aliphatic carbocycles. The first-order valence-corrected chi connectivity index (χ1v) is 9.05. The molecule has 1 saturated heterocycles. The minimum atomic E-state index is -0.000899. The molecule has 0 radical (unpaired) electrons. The van der Waals surface area contributed by atoms with Crippen LogP contribution in [0.15, 0.2) is 48.5 Å². The molecule has 0 spiro atoms. The number of carbonyl (C=O) groups excluding carboxylic acids is 1. The van der Waals surface area contributed by atoms with E-state index in [0.717, 1.165) is 27.7 Å². The Labute approximate surface area is 157 Å². The summed E-state index contributed by atoms with van der Waals surface area (Å²) in [6, 6.07) is 15.6. The van der Waals surface area contributed by atoms with Gasteiger partial charge in [-0.25, -0.2) is 0 Å². The predicted molar refractivity (Wildman–Crippen MR) is 104 cm³/mol. The Morgan fingerprint density at radius 2 is 1.85 bits per heavy atom. The summed E-state index contributed by atoms with van der Waals surface area (Å²) < 4.78 is 5.39. The highest BCUT2D eigenvalue weighted by atomic mass is 35.5. The van der Waals surface area contributed by atoms with Gasteiger partial charge in [0.2, 0.25) is 0 Å². The van der Waals surface area contributed by atoms with Crippen LogP contribution in [0.2, 0.25) is 5.02 Å². The molecule has 0 unspecified atom stereocenters. The Bertz CT molecular complexity index is 967. The van der Waals surface area contributed by atoms with Crippen molar-refractivity contribution in [3.63, 3.8) is 0 Å². The van der Waals surface area contributed by atoms with Crippen molar-refractivity contribution in [2.45, 2.75) is 6.92 Å². The molecule has 4 rings (SSSR count). The second-order valence-electron chi connectivity index (χ2n) is 6.38. The SMILES string of the molecule is Cc1nc2ccc(Cl)cc2c(-c2ccccc2)c1C(=O)N1CCOCC1. The third-order valence-electron chi connectivity index (χ3n) is 4.70. The van der Waals surface area contributed by atoms with E-state index in [0.29, 0.717) is 36.9 Å². The molecule has 0 bridgehead atoms. The molecule has 26 heavy (non-hydrogen) atoms. The Hall–Kier alpha value is -2.43. The molecule has 1 amide bonds. The number of morpholine rings is 1. The zero-order valence-electron chi connectivity index (χ0n) is 14.5. The molecule has 5 heteroatoms. The van der Waals surface area contributed by atoms with E-state index in [9.17, 15) is 4.79 Å². The lowest BCUT2D eigenvalue weighted by Gasteiger charge is -2.28. The molecule has 1 aliphatic rings. The highest BCUT2D eigenvalue weighted by Gasteiger charge is 2.26. The monoisotopic (exact) mass is 366 g/mol. The summed E-state index contributed by atoms with van der Waals surface area (Å²) in [7, 11) is 0. The Morgan fingerprint density at radius 1 is 1.12 bits per heavy atom. The zero-order valence-corrected chi connectivity index (χ0v) is 15.3. The largest absolute Gasteiger partial charge is 0.378 e. The smallest absolute Gasteiger partial charge is 0.256 e. The molecule has 0 N–H and O–H groups in total. The number of fused-ring (bicyclic) bond motifs is 1. The molecule has 0 saturated carbocycles. The van der Waals surface area contributed by atoms with Crippen molar-refractivity contribution in [1.82, 2.24) is 9.88 Å². The fourth-order valence-electron chi connectivity index (χ4n) is 3.45. The molecule has 1 aliphatic heterocycles. The molecular weight excluding hydrogens is 348 g/mol. The van der Waals surface area contributed by atoms with E-state index in [-0.39, 0.29) is 5.91 Å². The van der Waals surface area contributed by atoms with Crippen molar-refractivity contribution in [1.29, 1.82) is 0 Å². The fraction of sp³-hybridized carbons (Fsp3) is 0.238. The number of carbonyl (C=O) groups is 1. The van der Waals surface area contributed by atoms with Crippen molar-refractivity contribution in [3.8, 4) is 11.1 Å². The molecule has 132 valence electrons. The van der Waals surface area contributed by atoms with Crippen LogP contribution in [0.1, 0.15) is 16.1 Å². The lowest BCUT2D eigenvalue weighted by Crippen LogP contribution is -2.41. The lowest BCUT2D eigenvalue weighted by atomic mass is 9.93. The first-order chi connectivity index (χ1) is 12.6. The van der Waals surface area contributed by atoms with Gasteiger partial charge >= 0.3 is 0 Å². The van der Waals surface area contributed by atoms with Gasteiger partial charge < -0.3 is 9.64 Å². The van der Waals surface area contributed by atoms with Gasteiger partial charge in [-0.2, -0.15) is 0 Å². The fourth-order valence-corrected chi connectivity index (χ4v) is 3.62. The topological polar surface area (TPSA) is 42.4 Å². The van der Waals surface area contributed by atoms with Crippen LogP contribution in [0.3, 0.4) is 0 Å². The minimum absolute atomic E-state index is 0.000899. The number of rotatable bonds is 2. The quantitative estimate of drug-likeness (QED) is 0.677. The van der Waals surface area contributed by atoms with Crippen molar-refractivity contribution in [3.05, 3.63) is 64.8 Å². The van der Waals surface area contributed by atoms with Gasteiger partial charge in [-0.15, -0.1) is 0 Å². The second kappa shape index (κ2) is 7.06. The van der Waals surface area contributed by atoms with Gasteiger partial charge in [0.15, 0.2) is 0 Å². The van der Waals surface area contributed by atoms with E-state index in [4.69, 9.17) is 16.3 Å². The average molecular weight is 367 g/mol. The highest BCUT2D eigenvalue weighted by Crippen LogP contribution is 2.35. The molecule has 0 atom stereocenters. The summed E-state index contributed by atoms with van der Waals surface area (Å²) in [4.78, 5) is 19.9. The van der Waals surface area contributed by atoms with E-state index >= 15 is 0 Å². The van der Waals surface area contributed by atoms with Crippen molar-refractivity contribution in [2.75, 3.05) is 26.3 Å². The number of benzene rings is 2. The van der Waals surface area contributed by atoms with Gasteiger partial charge in [-0.1, -0.05) is 41.9 Å². The summed E-state index contributed by atoms with van der Waals surface area (Å²) in [5.41, 5.74) is 4.10. The second-order valence-corrected chi connectivity index (χ2v) is 6.82. The number of hydrogen-bond donors (Lipinski definition) is 0. The van der Waals surface area contributed by atoms with Crippen LogP contribution in [-0.4, -0.2) is 42.1 Å². The summed E-state index contributed by atoms with van der Waals surface area (Å²) in [5, 5.41) is 1.52. The number of aromatic nitrogens is 1. The molecule has 2 aromatic carbocycles.